The van der Waals surface area contributed by atoms with E-state index in [1.54, 1.807) is 19.2 Å². The average Bonchev–Trinajstić information content (AvgIpc) is 2.75. The van der Waals surface area contributed by atoms with E-state index in [0.29, 0.717) is 24.3 Å². The number of ether oxygens (including phenoxy) is 2. The lowest BCUT2D eigenvalue weighted by molar-refractivity contribution is -0.121. The summed E-state index contributed by atoms with van der Waals surface area (Å²) in [6.45, 7) is 0.572. The smallest absolute Gasteiger partial charge is 0.242 e. The SMILES string of the molecule is COc1cccc(CCCNC(=O)CCc2cc(S(=O)(=O)N(C)C)ccc2OC)c1. The van der Waals surface area contributed by atoms with Crippen molar-refractivity contribution in [1.82, 2.24) is 9.62 Å². The Morgan fingerprint density at radius 3 is 2.47 bits per heavy atom. The summed E-state index contributed by atoms with van der Waals surface area (Å²) in [6, 6.07) is 12.6. The fraction of sp³-hybridized carbons (Fsp3) is 0.409. The molecule has 0 atom stereocenters. The molecular formula is C22H30N2O5S. The van der Waals surface area contributed by atoms with Gasteiger partial charge in [-0.2, -0.15) is 0 Å². The van der Waals surface area contributed by atoms with Crippen molar-refractivity contribution >= 4 is 15.9 Å². The lowest BCUT2D eigenvalue weighted by Gasteiger charge is -2.14. The van der Waals surface area contributed by atoms with Crippen molar-refractivity contribution in [3.63, 3.8) is 0 Å². The molecule has 30 heavy (non-hydrogen) atoms. The van der Waals surface area contributed by atoms with E-state index in [-0.39, 0.29) is 17.2 Å². The van der Waals surface area contributed by atoms with Crippen molar-refractivity contribution in [2.75, 3.05) is 34.9 Å². The molecule has 2 rings (SSSR count). The van der Waals surface area contributed by atoms with Gasteiger partial charge in [0.25, 0.3) is 0 Å². The largest absolute Gasteiger partial charge is 0.497 e. The van der Waals surface area contributed by atoms with Crippen molar-refractivity contribution < 1.29 is 22.7 Å². The highest BCUT2D eigenvalue weighted by Crippen LogP contribution is 2.25. The Morgan fingerprint density at radius 1 is 1.03 bits per heavy atom. The minimum atomic E-state index is -3.54. The van der Waals surface area contributed by atoms with E-state index in [1.807, 2.05) is 24.3 Å². The predicted octanol–water partition coefficient (Wildman–Crippen LogP) is 2.64. The van der Waals surface area contributed by atoms with Crippen molar-refractivity contribution in [3.05, 3.63) is 53.6 Å². The molecular weight excluding hydrogens is 404 g/mol. The van der Waals surface area contributed by atoms with E-state index in [2.05, 4.69) is 5.32 Å². The normalized spacial score (nSPS) is 11.4. The van der Waals surface area contributed by atoms with Crippen molar-refractivity contribution in [3.8, 4) is 11.5 Å². The Morgan fingerprint density at radius 2 is 1.80 bits per heavy atom. The first kappa shape index (κ1) is 23.7. The number of carbonyl (C=O) groups is 1. The third kappa shape index (κ3) is 6.47. The molecule has 0 saturated heterocycles. The van der Waals surface area contributed by atoms with Crippen LogP contribution in [0.4, 0.5) is 0 Å². The van der Waals surface area contributed by atoms with Crippen molar-refractivity contribution in [1.29, 1.82) is 0 Å². The van der Waals surface area contributed by atoms with Gasteiger partial charge in [0.15, 0.2) is 0 Å². The number of benzene rings is 2. The second-order valence-corrected chi connectivity index (χ2v) is 9.22. The van der Waals surface area contributed by atoms with E-state index in [9.17, 15) is 13.2 Å². The van der Waals surface area contributed by atoms with Gasteiger partial charge in [0.1, 0.15) is 11.5 Å². The topological polar surface area (TPSA) is 84.9 Å². The summed E-state index contributed by atoms with van der Waals surface area (Å²) in [7, 11) is 2.59. The van der Waals surface area contributed by atoms with Crippen LogP contribution in [0.5, 0.6) is 11.5 Å². The Hall–Kier alpha value is -2.58. The monoisotopic (exact) mass is 434 g/mol. The number of amides is 1. The zero-order valence-corrected chi connectivity index (χ0v) is 18.8. The van der Waals surface area contributed by atoms with E-state index in [1.165, 1.54) is 27.3 Å². The summed E-state index contributed by atoms with van der Waals surface area (Å²) in [6.07, 6.45) is 2.30. The fourth-order valence-corrected chi connectivity index (χ4v) is 3.96. The van der Waals surface area contributed by atoms with Crippen LogP contribution in [0.3, 0.4) is 0 Å². The van der Waals surface area contributed by atoms with Gasteiger partial charge in [-0.3, -0.25) is 4.79 Å². The average molecular weight is 435 g/mol. The van der Waals surface area contributed by atoms with Crippen LogP contribution in [0.1, 0.15) is 24.0 Å². The minimum absolute atomic E-state index is 0.0800. The number of aryl methyl sites for hydroxylation is 2. The lowest BCUT2D eigenvalue weighted by atomic mass is 10.1. The Kier molecular flexibility index (Phi) is 8.68. The highest BCUT2D eigenvalue weighted by Gasteiger charge is 2.19. The van der Waals surface area contributed by atoms with Crippen LogP contribution >= 0.6 is 0 Å². The quantitative estimate of drug-likeness (QED) is 0.550. The van der Waals surface area contributed by atoms with Crippen LogP contribution in [-0.2, 0) is 27.7 Å². The Balaban J connectivity index is 1.87. The van der Waals surface area contributed by atoms with Gasteiger partial charge in [0.2, 0.25) is 15.9 Å². The third-order valence-electron chi connectivity index (χ3n) is 4.75. The van der Waals surface area contributed by atoms with E-state index in [0.717, 1.165) is 28.5 Å². The molecule has 0 bridgehead atoms. The predicted molar refractivity (Wildman–Crippen MR) is 117 cm³/mol. The summed E-state index contributed by atoms with van der Waals surface area (Å²) < 4.78 is 36.4. The van der Waals surface area contributed by atoms with Crippen LogP contribution in [0.15, 0.2) is 47.4 Å². The molecule has 0 radical (unpaired) electrons. The molecule has 0 aliphatic rings. The van der Waals surface area contributed by atoms with Crippen LogP contribution in [0.2, 0.25) is 0 Å². The van der Waals surface area contributed by atoms with Gasteiger partial charge in [-0.25, -0.2) is 12.7 Å². The van der Waals surface area contributed by atoms with Gasteiger partial charge in [-0.15, -0.1) is 0 Å². The summed E-state index contributed by atoms with van der Waals surface area (Å²) in [5, 5.41) is 2.91. The first-order chi connectivity index (χ1) is 14.3. The fourth-order valence-electron chi connectivity index (χ4n) is 3.01. The molecule has 0 saturated carbocycles. The summed E-state index contributed by atoms with van der Waals surface area (Å²) in [5.41, 5.74) is 1.85. The van der Waals surface area contributed by atoms with Crippen molar-refractivity contribution in [2.24, 2.45) is 0 Å². The molecule has 0 heterocycles. The molecule has 2 aromatic carbocycles. The van der Waals surface area contributed by atoms with Gasteiger partial charge < -0.3 is 14.8 Å². The van der Waals surface area contributed by atoms with Crippen molar-refractivity contribution in [2.45, 2.75) is 30.6 Å². The number of nitrogens with one attached hydrogen (secondary N) is 1. The number of rotatable bonds is 11. The maximum atomic E-state index is 12.4. The van der Waals surface area contributed by atoms with Crippen LogP contribution in [0.25, 0.3) is 0 Å². The summed E-state index contributed by atoms with van der Waals surface area (Å²) >= 11 is 0. The van der Waals surface area contributed by atoms with Crippen LogP contribution < -0.4 is 14.8 Å². The van der Waals surface area contributed by atoms with Gasteiger partial charge in [0, 0.05) is 27.1 Å². The molecule has 0 unspecified atom stereocenters. The standard InChI is InChI=1S/C22H30N2O5S/c1-24(2)30(26,27)20-11-12-21(29-4)18(16-20)10-13-22(25)23-14-6-8-17-7-5-9-19(15-17)28-3/h5,7,9,11-12,15-16H,6,8,10,13-14H2,1-4H3,(H,23,25). The lowest BCUT2D eigenvalue weighted by Crippen LogP contribution is -2.25. The molecule has 8 heteroatoms. The molecule has 1 amide bonds. The second-order valence-electron chi connectivity index (χ2n) is 7.07. The van der Waals surface area contributed by atoms with Gasteiger partial charge >= 0.3 is 0 Å². The maximum Gasteiger partial charge on any atom is 0.242 e. The Bertz CT molecular complexity index is 958. The molecule has 1 N–H and O–H groups in total. The second kappa shape index (κ2) is 11.0. The summed E-state index contributed by atoms with van der Waals surface area (Å²) in [4.78, 5) is 12.4. The molecule has 7 nitrogen and oxygen atoms in total. The van der Waals surface area contributed by atoms with Gasteiger partial charge in [-0.1, -0.05) is 12.1 Å². The highest BCUT2D eigenvalue weighted by atomic mass is 32.2. The number of carbonyl (C=O) groups excluding carboxylic acids is 1. The molecule has 0 aliphatic carbocycles. The molecule has 0 aliphatic heterocycles. The van der Waals surface area contributed by atoms with Crippen LogP contribution in [-0.4, -0.2) is 53.5 Å². The molecule has 0 aromatic heterocycles. The molecule has 2 aromatic rings. The number of methoxy groups -OCH3 is 2. The molecule has 164 valence electrons. The Labute approximate surface area is 179 Å². The number of nitrogens with zero attached hydrogens (tertiary/aromatic N) is 1. The number of hydrogen-bond donors (Lipinski definition) is 1. The third-order valence-corrected chi connectivity index (χ3v) is 6.56. The molecule has 0 fully saturated rings. The van der Waals surface area contributed by atoms with Crippen LogP contribution in [0, 0.1) is 0 Å². The highest BCUT2D eigenvalue weighted by molar-refractivity contribution is 7.89. The van der Waals surface area contributed by atoms with E-state index >= 15 is 0 Å². The first-order valence-corrected chi connectivity index (χ1v) is 11.2. The first-order valence-electron chi connectivity index (χ1n) is 9.77. The van der Waals surface area contributed by atoms with E-state index in [4.69, 9.17) is 9.47 Å². The van der Waals surface area contributed by atoms with E-state index < -0.39 is 10.0 Å². The maximum absolute atomic E-state index is 12.4. The molecule has 0 spiro atoms. The zero-order chi connectivity index (χ0) is 22.1. The minimum Gasteiger partial charge on any atom is -0.497 e. The number of hydrogen-bond acceptors (Lipinski definition) is 5. The van der Waals surface area contributed by atoms with Gasteiger partial charge in [-0.05, 0) is 60.7 Å². The zero-order valence-electron chi connectivity index (χ0n) is 18.0. The summed E-state index contributed by atoms with van der Waals surface area (Å²) in [5.74, 6) is 1.31. The number of sulfonamides is 1. The van der Waals surface area contributed by atoms with Gasteiger partial charge in [0.05, 0.1) is 19.1 Å².